The monoisotopic (exact) mass is 335 g/mol. The number of pyridine rings is 2. The third kappa shape index (κ3) is 2.76. The van der Waals surface area contributed by atoms with E-state index in [0.717, 1.165) is 38.8 Å². The van der Waals surface area contributed by atoms with Crippen LogP contribution in [0.15, 0.2) is 42.7 Å². The number of thiazole rings is 1. The van der Waals surface area contributed by atoms with Crippen LogP contribution in [0.4, 0.5) is 5.82 Å². The van der Waals surface area contributed by atoms with Crippen LogP contribution in [0.2, 0.25) is 0 Å². The molecule has 0 saturated carbocycles. The summed E-state index contributed by atoms with van der Waals surface area (Å²) >= 11 is 1.72. The number of H-pyrrole nitrogens is 1. The van der Waals surface area contributed by atoms with E-state index in [4.69, 9.17) is 0 Å². The van der Waals surface area contributed by atoms with Gasteiger partial charge in [-0.05, 0) is 38.1 Å². The van der Waals surface area contributed by atoms with Crippen molar-refractivity contribution in [1.29, 1.82) is 0 Å². The van der Waals surface area contributed by atoms with E-state index in [1.807, 2.05) is 31.3 Å². The van der Waals surface area contributed by atoms with E-state index in [-0.39, 0.29) is 0 Å². The summed E-state index contributed by atoms with van der Waals surface area (Å²) in [6, 6.07) is 10.1. The average molecular weight is 335 g/mol. The number of nitrogens with zero attached hydrogens (tertiary/aromatic N) is 3. The lowest BCUT2D eigenvalue weighted by molar-refractivity contribution is 1.03. The van der Waals surface area contributed by atoms with Gasteiger partial charge in [0.25, 0.3) is 0 Å². The second-order valence-corrected chi connectivity index (χ2v) is 6.82. The highest BCUT2D eigenvalue weighted by atomic mass is 32.1. The fourth-order valence-corrected chi connectivity index (χ4v) is 3.73. The molecule has 0 saturated heterocycles. The molecular formula is C18H17N5S. The molecule has 0 atom stereocenters. The summed E-state index contributed by atoms with van der Waals surface area (Å²) < 4.78 is 0. The Morgan fingerprint density at radius 1 is 1.17 bits per heavy atom. The maximum atomic E-state index is 4.66. The number of hydrogen-bond acceptors (Lipinski definition) is 5. The quantitative estimate of drug-likeness (QED) is 0.583. The first-order valence-corrected chi connectivity index (χ1v) is 8.58. The second kappa shape index (κ2) is 6.05. The molecule has 0 fully saturated rings. The molecule has 4 heterocycles. The van der Waals surface area contributed by atoms with E-state index < -0.39 is 0 Å². The molecule has 0 aliphatic heterocycles. The maximum absolute atomic E-state index is 4.66. The van der Waals surface area contributed by atoms with Crippen molar-refractivity contribution in [3.8, 4) is 10.4 Å². The summed E-state index contributed by atoms with van der Waals surface area (Å²) in [5.74, 6) is 0.830. The molecule has 4 aromatic heterocycles. The first-order valence-electron chi connectivity index (χ1n) is 7.77. The molecule has 2 N–H and O–H groups in total. The van der Waals surface area contributed by atoms with Gasteiger partial charge in [0, 0.05) is 23.3 Å². The van der Waals surface area contributed by atoms with Crippen LogP contribution in [0.5, 0.6) is 0 Å². The van der Waals surface area contributed by atoms with E-state index in [1.54, 1.807) is 17.5 Å². The lowest BCUT2D eigenvalue weighted by Gasteiger charge is -2.08. The van der Waals surface area contributed by atoms with E-state index >= 15 is 0 Å². The van der Waals surface area contributed by atoms with Crippen molar-refractivity contribution in [2.24, 2.45) is 0 Å². The van der Waals surface area contributed by atoms with Crippen LogP contribution in [-0.4, -0.2) is 19.9 Å². The number of hydrogen-bond donors (Lipinski definition) is 2. The number of rotatable bonds is 4. The standard InChI is InChI=1S/C18H17N5S/c1-11-17(24-12(2)22-11)15-9-16(23-18-14(15)6-8-20-18)21-10-13-5-3-4-7-19-13/h3-9H,10H2,1-2H3,(H2,20,21,23). The zero-order valence-corrected chi connectivity index (χ0v) is 14.3. The summed E-state index contributed by atoms with van der Waals surface area (Å²) in [5, 5.41) is 5.56. The van der Waals surface area contributed by atoms with Gasteiger partial charge in [0.05, 0.1) is 27.8 Å². The number of fused-ring (bicyclic) bond motifs is 1. The number of aromatic nitrogens is 4. The fourth-order valence-electron chi connectivity index (χ4n) is 2.78. The zero-order valence-electron chi connectivity index (χ0n) is 13.5. The van der Waals surface area contributed by atoms with Gasteiger partial charge in [-0.1, -0.05) is 6.07 Å². The second-order valence-electron chi connectivity index (χ2n) is 5.62. The van der Waals surface area contributed by atoms with Crippen molar-refractivity contribution in [3.05, 3.63) is 59.1 Å². The van der Waals surface area contributed by atoms with Gasteiger partial charge in [-0.3, -0.25) is 4.98 Å². The van der Waals surface area contributed by atoms with Gasteiger partial charge in [0.2, 0.25) is 0 Å². The molecule has 4 aromatic rings. The summed E-state index contributed by atoms with van der Waals surface area (Å²) in [6.07, 6.45) is 3.72. The molecule has 6 heteroatoms. The smallest absolute Gasteiger partial charge is 0.140 e. The lowest BCUT2D eigenvalue weighted by Crippen LogP contribution is -2.03. The fraction of sp³-hybridized carbons (Fsp3) is 0.167. The van der Waals surface area contributed by atoms with E-state index in [0.29, 0.717) is 6.54 Å². The zero-order chi connectivity index (χ0) is 16.5. The Balaban J connectivity index is 1.74. The van der Waals surface area contributed by atoms with Gasteiger partial charge in [-0.25, -0.2) is 9.97 Å². The Kier molecular flexibility index (Phi) is 3.74. The van der Waals surface area contributed by atoms with Crippen LogP contribution < -0.4 is 5.32 Å². The van der Waals surface area contributed by atoms with E-state index in [1.165, 1.54) is 4.88 Å². The number of aromatic amines is 1. The Hall–Kier alpha value is -2.73. The summed E-state index contributed by atoms with van der Waals surface area (Å²) in [6.45, 7) is 4.73. The molecule has 0 spiro atoms. The molecule has 0 radical (unpaired) electrons. The van der Waals surface area contributed by atoms with Crippen LogP contribution >= 0.6 is 11.3 Å². The highest BCUT2D eigenvalue weighted by molar-refractivity contribution is 7.15. The van der Waals surface area contributed by atoms with Crippen LogP contribution in [0, 0.1) is 13.8 Å². The van der Waals surface area contributed by atoms with Crippen molar-refractivity contribution in [1.82, 2.24) is 19.9 Å². The third-order valence-corrected chi connectivity index (χ3v) is 4.96. The van der Waals surface area contributed by atoms with Gasteiger partial charge in [-0.2, -0.15) is 0 Å². The van der Waals surface area contributed by atoms with E-state index in [2.05, 4.69) is 44.3 Å². The minimum atomic E-state index is 0.639. The Morgan fingerprint density at radius 2 is 2.08 bits per heavy atom. The van der Waals surface area contributed by atoms with Gasteiger partial charge in [0.1, 0.15) is 11.5 Å². The minimum Gasteiger partial charge on any atom is -0.364 e. The molecule has 0 aliphatic rings. The SMILES string of the molecule is Cc1nc(C)c(-c2cc(NCc3ccccn3)nc3[nH]ccc23)s1. The summed E-state index contributed by atoms with van der Waals surface area (Å²) in [7, 11) is 0. The van der Waals surface area contributed by atoms with Gasteiger partial charge < -0.3 is 10.3 Å². The summed E-state index contributed by atoms with van der Waals surface area (Å²) in [5.41, 5.74) is 4.08. The molecule has 0 amide bonds. The van der Waals surface area contributed by atoms with Gasteiger partial charge in [-0.15, -0.1) is 11.3 Å². The van der Waals surface area contributed by atoms with Crippen molar-refractivity contribution in [2.75, 3.05) is 5.32 Å². The van der Waals surface area contributed by atoms with Crippen molar-refractivity contribution in [2.45, 2.75) is 20.4 Å². The van der Waals surface area contributed by atoms with E-state index in [9.17, 15) is 0 Å². The molecule has 5 nitrogen and oxygen atoms in total. The van der Waals surface area contributed by atoms with Crippen molar-refractivity contribution in [3.63, 3.8) is 0 Å². The predicted octanol–water partition coefficient (Wildman–Crippen LogP) is 4.31. The molecular weight excluding hydrogens is 318 g/mol. The third-order valence-electron chi connectivity index (χ3n) is 3.85. The first kappa shape index (κ1) is 14.8. The van der Waals surface area contributed by atoms with Crippen LogP contribution in [0.3, 0.4) is 0 Å². The summed E-state index contributed by atoms with van der Waals surface area (Å²) in [4.78, 5) is 18.0. The molecule has 0 unspecified atom stereocenters. The molecule has 24 heavy (non-hydrogen) atoms. The predicted molar refractivity (Wildman–Crippen MR) is 98.2 cm³/mol. The minimum absolute atomic E-state index is 0.639. The maximum Gasteiger partial charge on any atom is 0.140 e. The largest absolute Gasteiger partial charge is 0.364 e. The Morgan fingerprint density at radius 3 is 2.83 bits per heavy atom. The lowest BCUT2D eigenvalue weighted by atomic mass is 10.1. The van der Waals surface area contributed by atoms with Crippen LogP contribution in [-0.2, 0) is 6.54 Å². The van der Waals surface area contributed by atoms with Crippen molar-refractivity contribution < 1.29 is 0 Å². The van der Waals surface area contributed by atoms with Crippen molar-refractivity contribution >= 4 is 28.2 Å². The Bertz CT molecular complexity index is 987. The van der Waals surface area contributed by atoms with Gasteiger partial charge in [0.15, 0.2) is 0 Å². The molecule has 120 valence electrons. The normalized spacial score (nSPS) is 11.1. The highest BCUT2D eigenvalue weighted by Crippen LogP contribution is 2.35. The molecule has 4 rings (SSSR count). The highest BCUT2D eigenvalue weighted by Gasteiger charge is 2.14. The number of nitrogens with one attached hydrogen (secondary N) is 2. The topological polar surface area (TPSA) is 66.5 Å². The average Bonchev–Trinajstić information content (AvgIpc) is 3.19. The first-order chi connectivity index (χ1) is 11.7. The van der Waals surface area contributed by atoms with Crippen LogP contribution in [0.1, 0.15) is 16.4 Å². The molecule has 0 aromatic carbocycles. The molecule has 0 aliphatic carbocycles. The number of aryl methyl sites for hydroxylation is 2. The number of anilines is 1. The molecule has 0 bridgehead atoms. The van der Waals surface area contributed by atoms with Gasteiger partial charge >= 0.3 is 0 Å². The van der Waals surface area contributed by atoms with Crippen LogP contribution in [0.25, 0.3) is 21.5 Å². The Labute approximate surface area is 143 Å².